The van der Waals surface area contributed by atoms with Crippen molar-refractivity contribution in [2.45, 2.75) is 90.9 Å². The van der Waals surface area contributed by atoms with Gasteiger partial charge in [-0.3, -0.25) is 9.59 Å². The molecular weight excluding hydrogens is 378 g/mol. The number of anilines is 2. The summed E-state index contributed by atoms with van der Waals surface area (Å²) < 4.78 is 5.59. The van der Waals surface area contributed by atoms with E-state index in [9.17, 15) is 9.59 Å². The molecule has 6 heteroatoms. The highest BCUT2D eigenvalue weighted by atomic mass is 16.5. The molecule has 168 valence electrons. The first-order chi connectivity index (χ1) is 14.6. The molecule has 0 saturated heterocycles. The van der Waals surface area contributed by atoms with Gasteiger partial charge in [0, 0.05) is 25.0 Å². The van der Waals surface area contributed by atoms with Crippen LogP contribution in [0.1, 0.15) is 90.9 Å². The predicted molar refractivity (Wildman–Crippen MR) is 124 cm³/mol. The van der Waals surface area contributed by atoms with Gasteiger partial charge >= 0.3 is 0 Å². The number of carbonyl (C=O) groups is 2. The molecule has 0 aliphatic rings. The molecule has 1 aromatic heterocycles. The van der Waals surface area contributed by atoms with Crippen molar-refractivity contribution in [2.75, 3.05) is 17.2 Å². The van der Waals surface area contributed by atoms with Gasteiger partial charge in [0.2, 0.25) is 11.8 Å². The number of nitrogens with zero attached hydrogens (tertiary/aromatic N) is 1. The zero-order chi connectivity index (χ0) is 22.0. The lowest BCUT2D eigenvalue weighted by Crippen LogP contribution is -2.16. The van der Waals surface area contributed by atoms with Gasteiger partial charge in [0.15, 0.2) is 0 Å². The van der Waals surface area contributed by atoms with E-state index in [0.717, 1.165) is 38.5 Å². The van der Waals surface area contributed by atoms with Gasteiger partial charge in [-0.25, -0.2) is 4.98 Å². The second-order valence-electron chi connectivity index (χ2n) is 7.60. The topological polar surface area (TPSA) is 80.3 Å². The Kier molecular flexibility index (Phi) is 14.1. The van der Waals surface area contributed by atoms with E-state index in [4.69, 9.17) is 4.74 Å². The Bertz CT molecular complexity index is 600. The second-order valence-corrected chi connectivity index (χ2v) is 7.60. The van der Waals surface area contributed by atoms with Crippen LogP contribution in [0.5, 0.6) is 5.75 Å². The summed E-state index contributed by atoms with van der Waals surface area (Å²) in [5.41, 5.74) is 0. The van der Waals surface area contributed by atoms with Crippen molar-refractivity contribution in [3.8, 4) is 5.75 Å². The Hall–Kier alpha value is -2.37. The molecule has 2 amide bonds. The fourth-order valence-electron chi connectivity index (χ4n) is 3.06. The number of pyridine rings is 1. The van der Waals surface area contributed by atoms with Gasteiger partial charge in [-0.15, -0.1) is 0 Å². The van der Waals surface area contributed by atoms with Gasteiger partial charge in [-0.05, 0) is 12.8 Å². The number of aromatic nitrogens is 1. The first kappa shape index (κ1) is 25.7. The lowest BCUT2D eigenvalue weighted by molar-refractivity contribution is -0.117. The third-order valence-corrected chi connectivity index (χ3v) is 4.72. The molecular formula is C24H39N3O3. The summed E-state index contributed by atoms with van der Waals surface area (Å²) in [5, 5.41) is 5.64. The van der Waals surface area contributed by atoms with E-state index in [0.29, 0.717) is 36.8 Å². The van der Waals surface area contributed by atoms with Gasteiger partial charge < -0.3 is 15.4 Å². The van der Waals surface area contributed by atoms with Crippen LogP contribution >= 0.6 is 0 Å². The fraction of sp³-hybridized carbons (Fsp3) is 0.625. The molecule has 1 heterocycles. The molecule has 0 aliphatic carbocycles. The summed E-state index contributed by atoms with van der Waals surface area (Å²) in [4.78, 5) is 28.8. The van der Waals surface area contributed by atoms with Gasteiger partial charge in [0.1, 0.15) is 24.0 Å². The fourth-order valence-corrected chi connectivity index (χ4v) is 3.06. The molecule has 0 fully saturated rings. The van der Waals surface area contributed by atoms with Crippen LogP contribution in [0.2, 0.25) is 0 Å². The minimum Gasteiger partial charge on any atom is -0.489 e. The van der Waals surface area contributed by atoms with Crippen LogP contribution in [0.15, 0.2) is 24.8 Å². The lowest BCUT2D eigenvalue weighted by atomic mass is 10.1. The molecule has 1 aromatic rings. The molecule has 0 aliphatic heterocycles. The van der Waals surface area contributed by atoms with Crippen molar-refractivity contribution in [1.82, 2.24) is 4.98 Å². The average Bonchev–Trinajstić information content (AvgIpc) is 2.71. The number of hydrogen-bond donors (Lipinski definition) is 2. The summed E-state index contributed by atoms with van der Waals surface area (Å²) >= 11 is 0. The Morgan fingerprint density at radius 1 is 0.867 bits per heavy atom. The highest BCUT2D eigenvalue weighted by Gasteiger charge is 2.10. The van der Waals surface area contributed by atoms with Crippen LogP contribution in [-0.4, -0.2) is 23.4 Å². The molecule has 0 spiro atoms. The summed E-state index contributed by atoms with van der Waals surface area (Å²) in [6.45, 7) is 8.32. The molecule has 1 rings (SSSR count). The van der Waals surface area contributed by atoms with E-state index in [1.807, 2.05) is 0 Å². The molecule has 6 nitrogen and oxygen atoms in total. The number of hydrogen-bond acceptors (Lipinski definition) is 4. The number of nitrogens with one attached hydrogen (secondary N) is 2. The van der Waals surface area contributed by atoms with Crippen LogP contribution < -0.4 is 15.4 Å². The average molecular weight is 418 g/mol. The van der Waals surface area contributed by atoms with Crippen molar-refractivity contribution in [3.63, 3.8) is 0 Å². The minimum absolute atomic E-state index is 0.0759. The van der Waals surface area contributed by atoms with Crippen LogP contribution in [0.3, 0.4) is 0 Å². The zero-order valence-corrected chi connectivity index (χ0v) is 18.8. The third-order valence-electron chi connectivity index (χ3n) is 4.72. The standard InChI is InChI=1S/C24H39N3O3/c1-4-7-9-11-13-15-23(28)26-21-18-20(30-17-6-3)19-22(25-21)27-24(29)16-14-12-10-8-5-2/h6,18-19H,3-5,7-17H2,1-2H3,(H2,25,26,27,28,29). The lowest BCUT2D eigenvalue weighted by Gasteiger charge is -2.11. The highest BCUT2D eigenvalue weighted by molar-refractivity contribution is 5.92. The van der Waals surface area contributed by atoms with E-state index in [2.05, 4.69) is 36.0 Å². The normalized spacial score (nSPS) is 10.5. The van der Waals surface area contributed by atoms with Gasteiger partial charge in [0.05, 0.1) is 0 Å². The maximum absolute atomic E-state index is 12.2. The monoisotopic (exact) mass is 417 g/mol. The zero-order valence-electron chi connectivity index (χ0n) is 18.8. The van der Waals surface area contributed by atoms with Crippen molar-refractivity contribution in [3.05, 3.63) is 24.8 Å². The molecule has 0 atom stereocenters. The molecule has 0 bridgehead atoms. The Labute approximate surface area is 181 Å². The first-order valence-electron chi connectivity index (χ1n) is 11.4. The van der Waals surface area contributed by atoms with E-state index < -0.39 is 0 Å². The molecule has 30 heavy (non-hydrogen) atoms. The molecule has 2 N–H and O–H groups in total. The van der Waals surface area contributed by atoms with E-state index in [1.165, 1.54) is 25.7 Å². The van der Waals surface area contributed by atoms with Crippen LogP contribution in [0.4, 0.5) is 11.6 Å². The number of carbonyl (C=O) groups excluding carboxylic acids is 2. The third kappa shape index (κ3) is 12.2. The van der Waals surface area contributed by atoms with Crippen LogP contribution in [-0.2, 0) is 9.59 Å². The SMILES string of the molecule is C=CCOc1cc(NC(=O)CCCCCCC)nc(NC(=O)CCCCCCC)c1. The van der Waals surface area contributed by atoms with Gasteiger partial charge in [-0.2, -0.15) is 0 Å². The quantitative estimate of drug-likeness (QED) is 0.232. The van der Waals surface area contributed by atoms with Crippen LogP contribution in [0, 0.1) is 0 Å². The summed E-state index contributed by atoms with van der Waals surface area (Å²) in [6.07, 6.45) is 13.5. The van der Waals surface area contributed by atoms with Crippen molar-refractivity contribution >= 4 is 23.5 Å². The number of rotatable bonds is 17. The second kappa shape index (κ2) is 16.4. The van der Waals surface area contributed by atoms with Crippen molar-refractivity contribution in [2.24, 2.45) is 0 Å². The summed E-state index contributed by atoms with van der Waals surface area (Å²) in [5.74, 6) is 1.14. The maximum atomic E-state index is 12.2. The van der Waals surface area contributed by atoms with E-state index in [-0.39, 0.29) is 11.8 Å². The van der Waals surface area contributed by atoms with Crippen molar-refractivity contribution < 1.29 is 14.3 Å². The molecule has 0 unspecified atom stereocenters. The van der Waals surface area contributed by atoms with E-state index >= 15 is 0 Å². The van der Waals surface area contributed by atoms with Crippen LogP contribution in [0.25, 0.3) is 0 Å². The highest BCUT2D eigenvalue weighted by Crippen LogP contribution is 2.22. The Morgan fingerprint density at radius 3 is 1.77 bits per heavy atom. The summed E-state index contributed by atoms with van der Waals surface area (Å²) in [6, 6.07) is 3.33. The summed E-state index contributed by atoms with van der Waals surface area (Å²) in [7, 11) is 0. The molecule has 0 aromatic carbocycles. The smallest absolute Gasteiger partial charge is 0.225 e. The molecule has 0 saturated carbocycles. The van der Waals surface area contributed by atoms with E-state index in [1.54, 1.807) is 18.2 Å². The van der Waals surface area contributed by atoms with Gasteiger partial charge in [-0.1, -0.05) is 77.9 Å². The Balaban J connectivity index is 2.62. The predicted octanol–water partition coefficient (Wildman–Crippen LogP) is 6.24. The maximum Gasteiger partial charge on any atom is 0.225 e. The molecule has 0 radical (unpaired) electrons. The first-order valence-corrected chi connectivity index (χ1v) is 11.4. The minimum atomic E-state index is -0.0759. The number of unbranched alkanes of at least 4 members (excludes halogenated alkanes) is 8. The largest absolute Gasteiger partial charge is 0.489 e. The number of amides is 2. The van der Waals surface area contributed by atoms with Crippen molar-refractivity contribution in [1.29, 1.82) is 0 Å². The Morgan fingerprint density at radius 2 is 1.33 bits per heavy atom. The number of ether oxygens (including phenoxy) is 1. The van der Waals surface area contributed by atoms with Gasteiger partial charge in [0.25, 0.3) is 0 Å².